The molecule has 0 bridgehead atoms. The molecular weight excluding hydrogens is 355 g/mol. The Kier molecular flexibility index (Phi) is 6.95. The summed E-state index contributed by atoms with van der Waals surface area (Å²) in [4.78, 5) is 40.5. The van der Waals surface area contributed by atoms with Gasteiger partial charge >= 0.3 is 13.8 Å². The normalized spacial score (nSPS) is 14.0. The lowest BCUT2D eigenvalue weighted by atomic mass is 10.0. The van der Waals surface area contributed by atoms with E-state index in [1.165, 1.54) is 6.07 Å². The van der Waals surface area contributed by atoms with Crippen LogP contribution in [0.5, 0.6) is 11.5 Å². The summed E-state index contributed by atoms with van der Waals surface area (Å²) in [5, 5.41) is 21.1. The Hall–Kier alpha value is -2.13. The Balaban J connectivity index is 2.78. The van der Waals surface area contributed by atoms with E-state index in [4.69, 9.17) is 20.6 Å². The Labute approximate surface area is 143 Å². The van der Waals surface area contributed by atoms with Crippen molar-refractivity contribution in [2.24, 2.45) is 11.7 Å². The number of amides is 1. The molecule has 0 aliphatic heterocycles. The number of nitrogens with one attached hydrogen (secondary N) is 1. The SMILES string of the molecule is CC(C)[C@H](NC(=O)[C@@H](N)Cc1ccc(OP(=O)(O)O)c(O)c1)C(=O)O. The van der Waals surface area contributed by atoms with Crippen LogP contribution in [-0.4, -0.2) is 44.0 Å². The lowest BCUT2D eigenvalue weighted by molar-refractivity contribution is -0.143. The zero-order chi connectivity index (χ0) is 19.4. The predicted molar refractivity (Wildman–Crippen MR) is 86.9 cm³/mol. The second kappa shape index (κ2) is 8.30. The second-order valence-electron chi connectivity index (χ2n) is 5.76. The highest BCUT2D eigenvalue weighted by Gasteiger charge is 2.26. The number of carbonyl (C=O) groups is 2. The van der Waals surface area contributed by atoms with Crippen LogP contribution < -0.4 is 15.6 Å². The van der Waals surface area contributed by atoms with Gasteiger partial charge < -0.3 is 25.8 Å². The number of aliphatic carboxylic acids is 1. The van der Waals surface area contributed by atoms with Gasteiger partial charge in [0, 0.05) is 0 Å². The Morgan fingerprint density at radius 2 is 1.92 bits per heavy atom. The van der Waals surface area contributed by atoms with Crippen molar-refractivity contribution < 1.29 is 38.7 Å². The van der Waals surface area contributed by atoms with Gasteiger partial charge in [-0.2, -0.15) is 0 Å². The van der Waals surface area contributed by atoms with Gasteiger partial charge in [-0.15, -0.1) is 0 Å². The van der Waals surface area contributed by atoms with Crippen molar-refractivity contribution in [2.75, 3.05) is 0 Å². The van der Waals surface area contributed by atoms with Crippen molar-refractivity contribution in [1.29, 1.82) is 0 Å². The lowest BCUT2D eigenvalue weighted by Crippen LogP contribution is -2.51. The molecule has 0 aliphatic rings. The number of carbonyl (C=O) groups excluding carboxylic acids is 1. The summed E-state index contributed by atoms with van der Waals surface area (Å²) in [6.45, 7) is 3.28. The van der Waals surface area contributed by atoms with Crippen LogP contribution in [0, 0.1) is 5.92 Å². The molecule has 7 N–H and O–H groups in total. The third-order valence-electron chi connectivity index (χ3n) is 3.26. The second-order valence-corrected chi connectivity index (χ2v) is 6.93. The summed E-state index contributed by atoms with van der Waals surface area (Å²) < 4.78 is 15.0. The third-order valence-corrected chi connectivity index (χ3v) is 3.70. The topological polar surface area (TPSA) is 179 Å². The minimum Gasteiger partial charge on any atom is -0.504 e. The largest absolute Gasteiger partial charge is 0.524 e. The lowest BCUT2D eigenvalue weighted by Gasteiger charge is -2.20. The van der Waals surface area contributed by atoms with E-state index in [1.54, 1.807) is 13.8 Å². The number of phosphoric ester groups is 1. The van der Waals surface area contributed by atoms with Crippen LogP contribution >= 0.6 is 7.82 Å². The van der Waals surface area contributed by atoms with Crippen LogP contribution in [0.1, 0.15) is 19.4 Å². The highest BCUT2D eigenvalue weighted by Crippen LogP contribution is 2.41. The standard InChI is InChI=1S/C14H21N2O8P/c1-7(2)12(14(19)20)16-13(18)9(15)5-8-3-4-11(10(17)6-8)24-25(21,22)23/h3-4,6-7,9,12,17H,5,15H2,1-2H3,(H,16,18)(H,19,20)(H2,21,22,23)/t9-,12-/m0/s1. The van der Waals surface area contributed by atoms with Crippen LogP contribution in [0.3, 0.4) is 0 Å². The van der Waals surface area contributed by atoms with E-state index in [0.29, 0.717) is 5.56 Å². The van der Waals surface area contributed by atoms with E-state index in [2.05, 4.69) is 9.84 Å². The molecule has 0 heterocycles. The molecule has 11 heteroatoms. The molecule has 0 aliphatic carbocycles. The number of carboxylic acids is 1. The van der Waals surface area contributed by atoms with E-state index in [9.17, 15) is 19.3 Å². The maximum atomic E-state index is 12.0. The molecule has 25 heavy (non-hydrogen) atoms. The minimum atomic E-state index is -4.81. The molecule has 1 rings (SSSR count). The third kappa shape index (κ3) is 6.71. The van der Waals surface area contributed by atoms with Gasteiger partial charge in [-0.05, 0) is 30.0 Å². The van der Waals surface area contributed by atoms with Crippen LogP contribution in [0.25, 0.3) is 0 Å². The van der Waals surface area contributed by atoms with Crippen molar-refractivity contribution in [3.05, 3.63) is 23.8 Å². The Morgan fingerprint density at radius 1 is 1.32 bits per heavy atom. The molecule has 0 radical (unpaired) electrons. The number of nitrogens with two attached hydrogens (primary N) is 1. The van der Waals surface area contributed by atoms with Crippen LogP contribution in [0.2, 0.25) is 0 Å². The van der Waals surface area contributed by atoms with Gasteiger partial charge in [0.15, 0.2) is 11.5 Å². The fourth-order valence-electron chi connectivity index (χ4n) is 2.02. The van der Waals surface area contributed by atoms with Gasteiger partial charge in [0.2, 0.25) is 5.91 Å². The molecule has 0 aromatic heterocycles. The van der Waals surface area contributed by atoms with Gasteiger partial charge in [-0.1, -0.05) is 19.9 Å². The Morgan fingerprint density at radius 3 is 2.36 bits per heavy atom. The summed E-state index contributed by atoms with van der Waals surface area (Å²) in [6.07, 6.45) is -0.0278. The number of aromatic hydroxyl groups is 1. The first-order valence-corrected chi connectivity index (χ1v) is 8.79. The van der Waals surface area contributed by atoms with Crippen LogP contribution in [0.4, 0.5) is 0 Å². The van der Waals surface area contributed by atoms with E-state index in [1.807, 2.05) is 0 Å². The number of hydrogen-bond acceptors (Lipinski definition) is 6. The Bertz CT molecular complexity index is 687. The highest BCUT2D eigenvalue weighted by atomic mass is 31.2. The van der Waals surface area contributed by atoms with E-state index < -0.39 is 43.3 Å². The molecule has 0 spiro atoms. The van der Waals surface area contributed by atoms with Gasteiger partial charge in [0.25, 0.3) is 0 Å². The average molecular weight is 376 g/mol. The summed E-state index contributed by atoms with van der Waals surface area (Å²) in [7, 11) is -4.81. The summed E-state index contributed by atoms with van der Waals surface area (Å²) in [6, 6.07) is 1.49. The fraction of sp³-hybridized carbons (Fsp3) is 0.429. The molecular formula is C14H21N2O8P. The molecule has 0 saturated heterocycles. The van der Waals surface area contributed by atoms with Gasteiger partial charge in [0.05, 0.1) is 6.04 Å². The number of phenolic OH excluding ortho intramolecular Hbond substituents is 1. The first-order valence-electron chi connectivity index (χ1n) is 7.26. The van der Waals surface area contributed by atoms with Crippen molar-refractivity contribution >= 4 is 19.7 Å². The maximum Gasteiger partial charge on any atom is 0.524 e. The molecule has 0 unspecified atom stereocenters. The van der Waals surface area contributed by atoms with Crippen molar-refractivity contribution in [3.8, 4) is 11.5 Å². The fourth-order valence-corrected chi connectivity index (χ4v) is 2.43. The molecule has 1 aromatic carbocycles. The maximum absolute atomic E-state index is 12.0. The molecule has 0 fully saturated rings. The number of phosphoric acid groups is 1. The van der Waals surface area contributed by atoms with Crippen LogP contribution in [-0.2, 0) is 20.6 Å². The first-order chi connectivity index (χ1) is 11.4. The number of phenols is 1. The van der Waals surface area contributed by atoms with Crippen LogP contribution in [0.15, 0.2) is 18.2 Å². The minimum absolute atomic E-state index is 0.0278. The number of carboxylic acid groups (broad SMARTS) is 1. The molecule has 0 saturated carbocycles. The van der Waals surface area contributed by atoms with E-state index in [0.717, 1.165) is 12.1 Å². The zero-order valence-electron chi connectivity index (χ0n) is 13.6. The molecule has 1 amide bonds. The summed E-state index contributed by atoms with van der Waals surface area (Å²) in [5.74, 6) is -3.12. The van der Waals surface area contributed by atoms with Crippen molar-refractivity contribution in [1.82, 2.24) is 5.32 Å². The first kappa shape index (κ1) is 20.9. The van der Waals surface area contributed by atoms with Gasteiger partial charge in [0.1, 0.15) is 6.04 Å². The molecule has 1 aromatic rings. The number of benzene rings is 1. The van der Waals surface area contributed by atoms with Crippen molar-refractivity contribution in [2.45, 2.75) is 32.4 Å². The zero-order valence-corrected chi connectivity index (χ0v) is 14.5. The average Bonchev–Trinajstić information content (AvgIpc) is 2.45. The molecule has 10 nitrogen and oxygen atoms in total. The van der Waals surface area contributed by atoms with E-state index in [-0.39, 0.29) is 12.3 Å². The molecule has 140 valence electrons. The van der Waals surface area contributed by atoms with Gasteiger partial charge in [-0.25, -0.2) is 9.36 Å². The smallest absolute Gasteiger partial charge is 0.504 e. The number of rotatable bonds is 8. The highest BCUT2D eigenvalue weighted by molar-refractivity contribution is 7.46. The predicted octanol–water partition coefficient (Wildman–Crippen LogP) is -0.0411. The summed E-state index contributed by atoms with van der Waals surface area (Å²) >= 11 is 0. The number of hydrogen-bond donors (Lipinski definition) is 6. The summed E-state index contributed by atoms with van der Waals surface area (Å²) in [5.41, 5.74) is 6.14. The van der Waals surface area contributed by atoms with Crippen molar-refractivity contribution in [3.63, 3.8) is 0 Å². The monoisotopic (exact) mass is 376 g/mol. The van der Waals surface area contributed by atoms with E-state index >= 15 is 0 Å². The molecule has 2 atom stereocenters. The quantitative estimate of drug-likeness (QED) is 0.339. The van der Waals surface area contributed by atoms with Gasteiger partial charge in [-0.3, -0.25) is 14.6 Å².